The van der Waals surface area contributed by atoms with Crippen molar-refractivity contribution >= 4 is 16.6 Å². The van der Waals surface area contributed by atoms with E-state index in [-0.39, 0.29) is 33.9 Å². The van der Waals surface area contributed by atoms with Crippen molar-refractivity contribution in [1.82, 2.24) is 0 Å². The van der Waals surface area contributed by atoms with Crippen LogP contribution in [-0.2, 0) is 21.7 Å². The predicted molar refractivity (Wildman–Crippen MR) is 109 cm³/mol. The van der Waals surface area contributed by atoms with Gasteiger partial charge in [0.2, 0.25) is 0 Å². The Bertz CT molecular complexity index is 229. The van der Waals surface area contributed by atoms with Gasteiger partial charge in [0, 0.05) is 21.7 Å². The van der Waals surface area contributed by atoms with Gasteiger partial charge < -0.3 is 19.8 Å². The third kappa shape index (κ3) is 45.8. The molecule has 2 aliphatic rings. The zero-order valence-corrected chi connectivity index (χ0v) is 21.1. The summed E-state index contributed by atoms with van der Waals surface area (Å²) in [5, 5.41) is 17.8. The average Bonchev–Trinajstić information content (AvgIpc) is 2.37. The van der Waals surface area contributed by atoms with Gasteiger partial charge in [-0.05, 0) is 65.0 Å². The molecule has 7 heteroatoms. The second-order valence-electron chi connectivity index (χ2n) is 8.93. The molecule has 0 aromatic heterocycles. The first kappa shape index (κ1) is 30.7. The van der Waals surface area contributed by atoms with Gasteiger partial charge in [0.25, 0.3) is 0 Å². The Balaban J connectivity index is -0.000000259. The van der Waals surface area contributed by atoms with Crippen LogP contribution < -0.4 is 0 Å². The Labute approximate surface area is 173 Å². The van der Waals surface area contributed by atoms with Crippen molar-refractivity contribution in [3.8, 4) is 0 Å². The van der Waals surface area contributed by atoms with Gasteiger partial charge in [0.15, 0.2) is 16.6 Å². The quantitative estimate of drug-likeness (QED) is 0.435. The molecular weight excluding hydrogens is 384 g/mol. The van der Waals surface area contributed by atoms with Crippen molar-refractivity contribution in [2.45, 2.75) is 116 Å². The van der Waals surface area contributed by atoms with Gasteiger partial charge >= 0.3 is 0 Å². The van der Waals surface area contributed by atoms with Crippen molar-refractivity contribution in [3.05, 3.63) is 0 Å². The molecule has 0 saturated heterocycles. The van der Waals surface area contributed by atoms with E-state index in [2.05, 4.69) is 0 Å². The standard InChI is InChI=1S/2C6H12O.2C3H10OSi.Ti/c2*7-6-4-2-1-3-5-6;2*1-5(2,3)4;/h2*6-7H,1-5H2;2*4H,1-3H3;. The van der Waals surface area contributed by atoms with Crippen molar-refractivity contribution in [3.63, 3.8) is 0 Å². The smallest absolute Gasteiger partial charge is 0.179 e. The summed E-state index contributed by atoms with van der Waals surface area (Å²) in [4.78, 5) is 17.3. The number of aliphatic hydroxyl groups excluding tert-OH is 2. The molecule has 2 saturated carbocycles. The van der Waals surface area contributed by atoms with E-state index >= 15 is 0 Å². The minimum absolute atomic E-state index is 0. The maximum absolute atomic E-state index is 8.91. The maximum Gasteiger partial charge on any atom is 0.179 e. The van der Waals surface area contributed by atoms with Gasteiger partial charge in [-0.3, -0.25) is 0 Å². The molecular formula is C18H44O4Si2Ti. The summed E-state index contributed by atoms with van der Waals surface area (Å²) in [5.74, 6) is 0. The van der Waals surface area contributed by atoms with Gasteiger partial charge in [-0.1, -0.05) is 38.5 Å². The van der Waals surface area contributed by atoms with E-state index in [0.717, 1.165) is 25.7 Å². The Morgan fingerprint density at radius 2 is 0.680 bits per heavy atom. The Hall–Kier alpha value is 0.988. The van der Waals surface area contributed by atoms with E-state index in [1.54, 1.807) is 0 Å². The SMILES string of the molecule is C[Si](C)(C)O.C[Si](C)(C)O.OC1CCCCC1.OC1CCCCC1.[Ti]. The summed E-state index contributed by atoms with van der Waals surface area (Å²) in [6.07, 6.45) is 11.8. The van der Waals surface area contributed by atoms with Gasteiger partial charge in [0.05, 0.1) is 12.2 Å². The summed E-state index contributed by atoms with van der Waals surface area (Å²) in [6, 6.07) is 0. The Morgan fingerprint density at radius 3 is 0.760 bits per heavy atom. The third-order valence-corrected chi connectivity index (χ3v) is 3.15. The molecule has 0 atom stereocenters. The maximum atomic E-state index is 8.91. The van der Waals surface area contributed by atoms with Gasteiger partial charge in [-0.2, -0.15) is 0 Å². The molecule has 4 N–H and O–H groups in total. The first-order valence-corrected chi connectivity index (χ1v) is 16.5. The van der Waals surface area contributed by atoms with Crippen molar-refractivity contribution in [1.29, 1.82) is 0 Å². The van der Waals surface area contributed by atoms with Crippen LogP contribution in [0.25, 0.3) is 0 Å². The zero-order valence-electron chi connectivity index (χ0n) is 17.5. The number of aliphatic hydroxyl groups is 2. The van der Waals surface area contributed by atoms with Gasteiger partial charge in [-0.15, -0.1) is 0 Å². The zero-order chi connectivity index (χ0) is 19.2. The van der Waals surface area contributed by atoms with E-state index in [9.17, 15) is 0 Å². The first-order chi connectivity index (χ1) is 10.8. The minimum Gasteiger partial charge on any atom is -0.433 e. The van der Waals surface area contributed by atoms with Crippen LogP contribution >= 0.6 is 0 Å². The van der Waals surface area contributed by atoms with Crippen LogP contribution in [0.5, 0.6) is 0 Å². The van der Waals surface area contributed by atoms with Crippen LogP contribution in [0.3, 0.4) is 0 Å². The van der Waals surface area contributed by atoms with Crippen LogP contribution in [0.4, 0.5) is 0 Å². The molecule has 4 nitrogen and oxygen atoms in total. The topological polar surface area (TPSA) is 80.9 Å². The molecule has 0 heterocycles. The molecule has 2 fully saturated rings. The average molecular weight is 429 g/mol. The van der Waals surface area contributed by atoms with E-state index in [1.165, 1.54) is 38.5 Å². The molecule has 2 aliphatic carbocycles. The summed E-state index contributed by atoms with van der Waals surface area (Å²) in [5.41, 5.74) is 0. The van der Waals surface area contributed by atoms with Crippen LogP contribution in [0.1, 0.15) is 64.2 Å². The molecule has 0 amide bonds. The van der Waals surface area contributed by atoms with Crippen LogP contribution in [0.15, 0.2) is 0 Å². The molecule has 0 spiro atoms. The largest absolute Gasteiger partial charge is 0.433 e. The molecule has 0 aromatic rings. The van der Waals surface area contributed by atoms with Crippen LogP contribution in [0, 0.1) is 0 Å². The van der Waals surface area contributed by atoms with E-state index < -0.39 is 16.6 Å². The predicted octanol–water partition coefficient (Wildman–Crippen LogP) is 4.25. The van der Waals surface area contributed by atoms with Crippen molar-refractivity contribution in [2.24, 2.45) is 0 Å². The molecule has 25 heavy (non-hydrogen) atoms. The number of rotatable bonds is 0. The molecule has 152 valence electrons. The van der Waals surface area contributed by atoms with Gasteiger partial charge in [0.1, 0.15) is 0 Å². The van der Waals surface area contributed by atoms with Crippen LogP contribution in [-0.4, -0.2) is 48.6 Å². The number of hydrogen-bond donors (Lipinski definition) is 4. The molecule has 0 unspecified atom stereocenters. The monoisotopic (exact) mass is 428 g/mol. The Morgan fingerprint density at radius 1 is 0.520 bits per heavy atom. The van der Waals surface area contributed by atoms with Gasteiger partial charge in [-0.25, -0.2) is 0 Å². The summed E-state index contributed by atoms with van der Waals surface area (Å²) in [6.45, 7) is 11.3. The fourth-order valence-corrected chi connectivity index (χ4v) is 2.16. The van der Waals surface area contributed by atoms with E-state index in [0.29, 0.717) is 0 Å². The minimum atomic E-state index is -1.61. The second kappa shape index (κ2) is 17.1. The second-order valence-corrected chi connectivity index (χ2v) is 17.6. The molecule has 2 rings (SSSR count). The molecule has 0 bridgehead atoms. The summed E-state index contributed by atoms with van der Waals surface area (Å²) < 4.78 is 0. The Kier molecular flexibility index (Phi) is 21.0. The van der Waals surface area contributed by atoms with E-state index in [1.807, 2.05) is 39.3 Å². The fourth-order valence-electron chi connectivity index (χ4n) is 2.16. The first-order valence-electron chi connectivity index (χ1n) is 9.60. The summed E-state index contributed by atoms with van der Waals surface area (Å²) in [7, 11) is -3.22. The van der Waals surface area contributed by atoms with Crippen molar-refractivity contribution < 1.29 is 41.5 Å². The number of hydrogen-bond acceptors (Lipinski definition) is 4. The molecule has 0 aliphatic heterocycles. The normalized spacial score (nSPS) is 19.0. The molecule has 0 radical (unpaired) electrons. The third-order valence-electron chi connectivity index (χ3n) is 3.15. The van der Waals surface area contributed by atoms with Crippen molar-refractivity contribution in [2.75, 3.05) is 0 Å². The molecule has 0 aromatic carbocycles. The fraction of sp³-hybridized carbons (Fsp3) is 1.00. The summed E-state index contributed by atoms with van der Waals surface area (Å²) >= 11 is 0. The van der Waals surface area contributed by atoms with E-state index in [4.69, 9.17) is 19.8 Å². The van der Waals surface area contributed by atoms with Crippen LogP contribution in [0.2, 0.25) is 39.3 Å².